The van der Waals surface area contributed by atoms with E-state index in [1.807, 2.05) is 12.1 Å². The summed E-state index contributed by atoms with van der Waals surface area (Å²) >= 11 is -0.826. The van der Waals surface area contributed by atoms with Crippen LogP contribution in [0.5, 0.6) is 0 Å². The Balaban J connectivity index is 0.000000806. The average molecular weight is 537 g/mol. The van der Waals surface area contributed by atoms with Crippen molar-refractivity contribution in [2.24, 2.45) is 0 Å². The molecule has 0 amide bonds. The van der Waals surface area contributed by atoms with E-state index in [0.29, 0.717) is 0 Å². The van der Waals surface area contributed by atoms with Crippen molar-refractivity contribution in [3.05, 3.63) is 108 Å². The van der Waals surface area contributed by atoms with Crippen LogP contribution in [0.4, 0.5) is 0 Å². The van der Waals surface area contributed by atoms with Gasteiger partial charge in [-0.25, -0.2) is 0 Å². The van der Waals surface area contributed by atoms with Crippen LogP contribution in [0.25, 0.3) is 0 Å². The second-order valence-electron chi connectivity index (χ2n) is 8.17. The predicted octanol–water partition coefficient (Wildman–Crippen LogP) is 7.54. The van der Waals surface area contributed by atoms with Crippen LogP contribution >= 0.6 is 17.0 Å². The van der Waals surface area contributed by atoms with Gasteiger partial charge in [-0.3, -0.25) is 0 Å². The van der Waals surface area contributed by atoms with E-state index in [1.165, 1.54) is 46.6 Å². The summed E-state index contributed by atoms with van der Waals surface area (Å²) < 4.78 is 11.7. The van der Waals surface area contributed by atoms with E-state index in [9.17, 15) is 0 Å². The van der Waals surface area contributed by atoms with Crippen LogP contribution in [-0.4, -0.2) is 8.07 Å². The third kappa shape index (κ3) is 4.78. The van der Waals surface area contributed by atoms with Gasteiger partial charge in [-0.05, 0) is 71.9 Å². The Morgan fingerprint density at radius 1 is 0.700 bits per heavy atom. The molecule has 2 saturated carbocycles. The molecule has 2 fully saturated rings. The number of furan rings is 2. The molecular formula is C24H26Cl2O2SiZr+2. The molecule has 10 radical (unpaired) electrons. The zero-order valence-corrected chi connectivity index (χ0v) is 23.2. The van der Waals surface area contributed by atoms with Gasteiger partial charge in [-0.15, -0.1) is 0 Å². The third-order valence-electron chi connectivity index (χ3n) is 5.73. The van der Waals surface area contributed by atoms with Crippen molar-refractivity contribution in [2.75, 3.05) is 0 Å². The number of hydrogen-bond donors (Lipinski definition) is 0. The van der Waals surface area contributed by atoms with Gasteiger partial charge < -0.3 is 8.83 Å². The first kappa shape index (κ1) is 24.9. The van der Waals surface area contributed by atoms with E-state index in [0.717, 1.165) is 11.5 Å². The third-order valence-corrected chi connectivity index (χ3v) is 9.52. The van der Waals surface area contributed by atoms with Crippen molar-refractivity contribution < 1.29 is 29.7 Å². The molecule has 2 heterocycles. The van der Waals surface area contributed by atoms with Gasteiger partial charge in [0, 0.05) is 0 Å². The molecule has 0 spiro atoms. The quantitative estimate of drug-likeness (QED) is 0.377. The van der Waals surface area contributed by atoms with E-state index in [-0.39, 0.29) is 0 Å². The molecule has 2 aliphatic rings. The first-order valence-corrected chi connectivity index (χ1v) is 19.2. The van der Waals surface area contributed by atoms with Gasteiger partial charge in [-0.1, -0.05) is 40.8 Å². The van der Waals surface area contributed by atoms with E-state index in [2.05, 4.69) is 65.8 Å². The van der Waals surface area contributed by atoms with Crippen LogP contribution in [0.2, 0.25) is 13.1 Å². The zero-order chi connectivity index (χ0) is 22.1. The van der Waals surface area contributed by atoms with Gasteiger partial charge in [0.1, 0.15) is 11.5 Å². The van der Waals surface area contributed by atoms with Crippen LogP contribution in [0.15, 0.2) is 45.6 Å². The molecule has 0 atom stereocenters. The summed E-state index contributed by atoms with van der Waals surface area (Å²) in [5.74, 6) is 9.79. The first-order chi connectivity index (χ1) is 14.2. The molecule has 0 N–H and O–H groups in total. The SMILES string of the molecule is C[C]1[CH][C](C)[C]([Si](C)(C)[C]2[C](C)[CH][C](C)[C]2c2ccco2)[C]1c1ccco1.[Cl][Zr+2][Cl]. The average Bonchev–Trinajstić information content (AvgIpc) is 3.43. The Kier molecular flexibility index (Phi) is 8.66. The van der Waals surface area contributed by atoms with Crippen molar-refractivity contribution in [2.45, 2.75) is 40.8 Å². The minimum absolute atomic E-state index is 0.826. The molecule has 30 heavy (non-hydrogen) atoms. The van der Waals surface area contributed by atoms with Crippen molar-refractivity contribution in [3.8, 4) is 0 Å². The van der Waals surface area contributed by atoms with E-state index >= 15 is 0 Å². The summed E-state index contributed by atoms with van der Waals surface area (Å²) in [6.45, 7) is 13.8. The van der Waals surface area contributed by atoms with Crippen molar-refractivity contribution >= 4 is 25.1 Å². The maximum atomic E-state index is 5.83. The number of halogens is 2. The Labute approximate surface area is 202 Å². The number of hydrogen-bond acceptors (Lipinski definition) is 2. The van der Waals surface area contributed by atoms with E-state index in [1.54, 1.807) is 12.5 Å². The Morgan fingerprint density at radius 3 is 1.37 bits per heavy atom. The van der Waals surface area contributed by atoms with Gasteiger partial charge in [0.05, 0.1) is 32.4 Å². The van der Waals surface area contributed by atoms with Gasteiger partial charge in [0.2, 0.25) is 0 Å². The molecule has 4 rings (SSSR count). The van der Waals surface area contributed by atoms with Crippen LogP contribution in [0.3, 0.4) is 0 Å². The standard InChI is InChI=1S/C24H26O2Si.2ClH.Zr/c1-15-13-17(3)23(21(15)19-9-7-11-25-19)27(5,6)24-18(4)14-16(2)22(24)20-10-8-12-26-20;;;/h7-14H,1-6H3;2*1H;/q;;;+4/p-2. The van der Waals surface area contributed by atoms with Crippen LogP contribution in [0, 0.1) is 59.4 Å². The van der Waals surface area contributed by atoms with Crippen LogP contribution < -0.4 is 0 Å². The summed E-state index contributed by atoms with van der Waals surface area (Å²) in [6, 6.07) is 8.10. The predicted molar refractivity (Wildman–Crippen MR) is 122 cm³/mol. The molecule has 0 bridgehead atoms. The fourth-order valence-corrected chi connectivity index (χ4v) is 9.20. The molecule has 154 valence electrons. The van der Waals surface area contributed by atoms with Gasteiger partial charge in [-0.2, -0.15) is 0 Å². The summed E-state index contributed by atoms with van der Waals surface area (Å²) in [6.07, 6.45) is 8.14. The molecule has 2 aliphatic carbocycles. The van der Waals surface area contributed by atoms with Crippen LogP contribution in [0.1, 0.15) is 39.2 Å². The molecule has 0 aliphatic heterocycles. The molecule has 0 saturated heterocycles. The molecule has 6 heteroatoms. The summed E-state index contributed by atoms with van der Waals surface area (Å²) in [5, 5.41) is 0. The minimum atomic E-state index is -2.02. The Hall–Kier alpha value is 0.240. The van der Waals surface area contributed by atoms with Crippen molar-refractivity contribution in [1.29, 1.82) is 0 Å². The zero-order valence-electron chi connectivity index (χ0n) is 18.2. The van der Waals surface area contributed by atoms with Gasteiger partial charge >= 0.3 is 37.9 Å². The second-order valence-corrected chi connectivity index (χ2v) is 16.2. The van der Waals surface area contributed by atoms with Gasteiger partial charge in [0.25, 0.3) is 0 Å². The fraction of sp³-hybridized carbons (Fsp3) is 0.250. The molecule has 0 aromatic carbocycles. The van der Waals surface area contributed by atoms with Crippen molar-refractivity contribution in [3.63, 3.8) is 0 Å². The van der Waals surface area contributed by atoms with E-state index in [4.69, 9.17) is 25.9 Å². The molecule has 0 unspecified atom stereocenters. The second kappa shape index (κ2) is 10.4. The molecule has 2 aromatic rings. The van der Waals surface area contributed by atoms with Crippen LogP contribution in [-0.2, 0) is 20.8 Å². The number of rotatable bonds is 4. The summed E-state index contributed by atoms with van der Waals surface area (Å²) in [4.78, 5) is 0. The molecule has 2 nitrogen and oxygen atoms in total. The maximum absolute atomic E-state index is 5.83. The monoisotopic (exact) mass is 534 g/mol. The molecule has 2 aromatic heterocycles. The fourth-order valence-electron chi connectivity index (χ4n) is 4.94. The normalized spacial score (nSPS) is 21.9. The van der Waals surface area contributed by atoms with E-state index < -0.39 is 28.9 Å². The topological polar surface area (TPSA) is 26.3 Å². The Bertz CT molecular complexity index is 702. The molecular weight excluding hydrogens is 510 g/mol. The van der Waals surface area contributed by atoms with Crippen molar-refractivity contribution in [1.82, 2.24) is 0 Å². The Morgan fingerprint density at radius 2 is 1.07 bits per heavy atom. The summed E-state index contributed by atoms with van der Waals surface area (Å²) in [5.41, 5.74) is 2.94. The summed E-state index contributed by atoms with van der Waals surface area (Å²) in [7, 11) is 7.84. The first-order valence-electron chi connectivity index (χ1n) is 9.82. The van der Waals surface area contributed by atoms with Gasteiger partial charge in [0.15, 0.2) is 0 Å².